The summed E-state index contributed by atoms with van der Waals surface area (Å²) in [6.07, 6.45) is 1.61. The molecule has 0 saturated carbocycles. The number of nitrogens with one attached hydrogen (secondary N) is 2. The molecule has 0 aliphatic rings. The van der Waals surface area contributed by atoms with E-state index in [1.165, 1.54) is 12.1 Å². The minimum absolute atomic E-state index is 0.209. The lowest BCUT2D eigenvalue weighted by atomic mass is 10.1. The summed E-state index contributed by atoms with van der Waals surface area (Å²) >= 11 is 0. The lowest BCUT2D eigenvalue weighted by Crippen LogP contribution is -2.24. The Morgan fingerprint density at radius 1 is 1.59 bits per heavy atom. The number of aromatic nitrogens is 1. The summed E-state index contributed by atoms with van der Waals surface area (Å²) in [6, 6.07) is 4.43. The van der Waals surface area contributed by atoms with Gasteiger partial charge in [-0.05, 0) is 30.7 Å². The molecule has 0 fully saturated rings. The maximum Gasteiger partial charge on any atom is 0.268 e. The Bertz CT molecular complexity index is 586. The standard InChI is InChI=1S/C13H13FN2O/c1-3-6-15-13(17)12-8(2)10-5-4-9(14)7-11(10)16-12/h3-5,7,16H,1,6H2,2H3,(H,15,17). The van der Waals surface area contributed by atoms with Gasteiger partial charge in [-0.25, -0.2) is 4.39 Å². The largest absolute Gasteiger partial charge is 0.350 e. The number of aromatic amines is 1. The maximum absolute atomic E-state index is 13.0. The Morgan fingerprint density at radius 3 is 3.06 bits per heavy atom. The fraction of sp³-hybridized carbons (Fsp3) is 0.154. The number of carbonyl (C=O) groups is 1. The average molecular weight is 232 g/mol. The van der Waals surface area contributed by atoms with Crippen molar-refractivity contribution < 1.29 is 9.18 Å². The molecule has 0 radical (unpaired) electrons. The number of fused-ring (bicyclic) bond motifs is 1. The van der Waals surface area contributed by atoms with Gasteiger partial charge in [-0.1, -0.05) is 6.08 Å². The van der Waals surface area contributed by atoms with Gasteiger partial charge in [-0.2, -0.15) is 0 Å². The van der Waals surface area contributed by atoms with Crippen LogP contribution >= 0.6 is 0 Å². The first kappa shape index (κ1) is 11.4. The van der Waals surface area contributed by atoms with E-state index in [1.54, 1.807) is 12.1 Å². The second kappa shape index (κ2) is 4.41. The molecule has 2 rings (SSSR count). The number of hydrogen-bond acceptors (Lipinski definition) is 1. The zero-order valence-electron chi connectivity index (χ0n) is 9.51. The van der Waals surface area contributed by atoms with E-state index in [1.807, 2.05) is 6.92 Å². The normalized spacial score (nSPS) is 10.5. The number of H-pyrrole nitrogens is 1. The highest BCUT2D eigenvalue weighted by Gasteiger charge is 2.14. The van der Waals surface area contributed by atoms with Gasteiger partial charge in [0.15, 0.2) is 0 Å². The number of halogens is 1. The minimum Gasteiger partial charge on any atom is -0.350 e. The molecule has 1 aromatic heterocycles. The molecule has 1 aromatic carbocycles. The molecule has 1 heterocycles. The number of benzene rings is 1. The Labute approximate surface area is 98.3 Å². The maximum atomic E-state index is 13.0. The summed E-state index contributed by atoms with van der Waals surface area (Å²) < 4.78 is 13.0. The third kappa shape index (κ3) is 2.06. The van der Waals surface area contributed by atoms with E-state index in [0.717, 1.165) is 10.9 Å². The van der Waals surface area contributed by atoms with Crippen LogP contribution in [0.2, 0.25) is 0 Å². The molecular weight excluding hydrogens is 219 g/mol. The zero-order chi connectivity index (χ0) is 12.4. The summed E-state index contributed by atoms with van der Waals surface area (Å²) in [5.74, 6) is -0.532. The van der Waals surface area contributed by atoms with Crippen molar-refractivity contribution >= 4 is 16.8 Å². The summed E-state index contributed by atoms with van der Waals surface area (Å²) in [4.78, 5) is 14.7. The second-order valence-electron chi connectivity index (χ2n) is 3.81. The molecule has 3 nitrogen and oxygen atoms in total. The van der Waals surface area contributed by atoms with Gasteiger partial charge in [-0.3, -0.25) is 4.79 Å². The van der Waals surface area contributed by atoms with E-state index >= 15 is 0 Å². The molecule has 88 valence electrons. The van der Waals surface area contributed by atoms with Crippen LogP contribution in [-0.4, -0.2) is 17.4 Å². The number of rotatable bonds is 3. The van der Waals surface area contributed by atoms with Crippen LogP contribution < -0.4 is 5.32 Å². The van der Waals surface area contributed by atoms with E-state index in [0.29, 0.717) is 17.8 Å². The molecule has 4 heteroatoms. The smallest absolute Gasteiger partial charge is 0.268 e. The van der Waals surface area contributed by atoms with E-state index in [2.05, 4.69) is 16.9 Å². The second-order valence-corrected chi connectivity index (χ2v) is 3.81. The lowest BCUT2D eigenvalue weighted by molar-refractivity contribution is 0.0953. The van der Waals surface area contributed by atoms with Crippen molar-refractivity contribution in [3.63, 3.8) is 0 Å². The molecule has 0 atom stereocenters. The minimum atomic E-state index is -0.322. The van der Waals surface area contributed by atoms with Crippen molar-refractivity contribution in [3.8, 4) is 0 Å². The Kier molecular flexibility index (Phi) is 2.95. The predicted molar refractivity (Wildman–Crippen MR) is 65.5 cm³/mol. The third-order valence-corrected chi connectivity index (χ3v) is 2.65. The monoisotopic (exact) mass is 232 g/mol. The Hall–Kier alpha value is -2.10. The van der Waals surface area contributed by atoms with Crippen LogP contribution in [0.3, 0.4) is 0 Å². The number of aryl methyl sites for hydroxylation is 1. The van der Waals surface area contributed by atoms with Crippen LogP contribution in [0.15, 0.2) is 30.9 Å². The zero-order valence-corrected chi connectivity index (χ0v) is 9.51. The molecule has 1 amide bonds. The SMILES string of the molecule is C=CCNC(=O)c1[nH]c2cc(F)ccc2c1C. The van der Waals surface area contributed by atoms with Gasteiger partial charge in [0.2, 0.25) is 0 Å². The van der Waals surface area contributed by atoms with Crippen LogP contribution in [-0.2, 0) is 0 Å². The molecule has 0 saturated heterocycles. The summed E-state index contributed by atoms with van der Waals surface area (Å²) in [6.45, 7) is 5.77. The molecular formula is C13H13FN2O. The van der Waals surface area contributed by atoms with Gasteiger partial charge in [0, 0.05) is 17.4 Å². The highest BCUT2D eigenvalue weighted by atomic mass is 19.1. The summed E-state index contributed by atoms with van der Waals surface area (Å²) in [5.41, 5.74) is 1.92. The quantitative estimate of drug-likeness (QED) is 0.785. The van der Waals surface area contributed by atoms with Crippen molar-refractivity contribution in [2.24, 2.45) is 0 Å². The molecule has 2 aromatic rings. The molecule has 0 bridgehead atoms. The summed E-state index contributed by atoms with van der Waals surface area (Å²) in [7, 11) is 0. The van der Waals surface area contributed by atoms with Crippen molar-refractivity contribution in [1.82, 2.24) is 10.3 Å². The first-order chi connectivity index (χ1) is 8.13. The average Bonchev–Trinajstić information content (AvgIpc) is 2.63. The predicted octanol–water partition coefficient (Wildman–Crippen LogP) is 2.53. The van der Waals surface area contributed by atoms with Gasteiger partial charge in [-0.15, -0.1) is 6.58 Å². The summed E-state index contributed by atoms with van der Waals surface area (Å²) in [5, 5.41) is 3.54. The van der Waals surface area contributed by atoms with Crippen LogP contribution in [0.5, 0.6) is 0 Å². The van der Waals surface area contributed by atoms with Crippen molar-refractivity contribution in [1.29, 1.82) is 0 Å². The molecule has 2 N–H and O–H groups in total. The van der Waals surface area contributed by atoms with Crippen molar-refractivity contribution in [3.05, 3.63) is 47.9 Å². The van der Waals surface area contributed by atoms with E-state index in [9.17, 15) is 9.18 Å². The fourth-order valence-corrected chi connectivity index (χ4v) is 1.79. The van der Waals surface area contributed by atoms with E-state index in [4.69, 9.17) is 0 Å². The third-order valence-electron chi connectivity index (χ3n) is 2.65. The molecule has 17 heavy (non-hydrogen) atoms. The number of amides is 1. The molecule has 0 aliphatic carbocycles. The molecule has 0 spiro atoms. The molecule has 0 unspecified atom stereocenters. The van der Waals surface area contributed by atoms with Crippen LogP contribution in [0.1, 0.15) is 16.1 Å². The van der Waals surface area contributed by atoms with Gasteiger partial charge >= 0.3 is 0 Å². The van der Waals surface area contributed by atoms with Gasteiger partial charge in [0.25, 0.3) is 5.91 Å². The number of carbonyl (C=O) groups excluding carboxylic acids is 1. The van der Waals surface area contributed by atoms with E-state index in [-0.39, 0.29) is 11.7 Å². The topological polar surface area (TPSA) is 44.9 Å². The first-order valence-corrected chi connectivity index (χ1v) is 5.30. The van der Waals surface area contributed by atoms with Gasteiger partial charge in [0.05, 0.1) is 0 Å². The highest BCUT2D eigenvalue weighted by Crippen LogP contribution is 2.22. The van der Waals surface area contributed by atoms with Crippen molar-refractivity contribution in [2.45, 2.75) is 6.92 Å². The first-order valence-electron chi connectivity index (χ1n) is 5.30. The van der Waals surface area contributed by atoms with E-state index < -0.39 is 0 Å². The highest BCUT2D eigenvalue weighted by molar-refractivity contribution is 6.00. The Morgan fingerprint density at radius 2 is 2.35 bits per heavy atom. The fourth-order valence-electron chi connectivity index (χ4n) is 1.79. The van der Waals surface area contributed by atoms with Crippen molar-refractivity contribution in [2.75, 3.05) is 6.54 Å². The van der Waals surface area contributed by atoms with Crippen LogP contribution in [0.4, 0.5) is 4.39 Å². The molecule has 0 aliphatic heterocycles. The number of hydrogen-bond donors (Lipinski definition) is 2. The van der Waals surface area contributed by atoms with Gasteiger partial charge in [0.1, 0.15) is 11.5 Å². The van der Waals surface area contributed by atoms with Crippen LogP contribution in [0.25, 0.3) is 10.9 Å². The van der Waals surface area contributed by atoms with Crippen LogP contribution in [0, 0.1) is 12.7 Å². The van der Waals surface area contributed by atoms with Gasteiger partial charge < -0.3 is 10.3 Å². The lowest BCUT2D eigenvalue weighted by Gasteiger charge is -2.00. The Balaban J connectivity index is 2.44.